The van der Waals surface area contributed by atoms with E-state index in [1.54, 1.807) is 7.11 Å². The molecular formula is C21H32N4O. The highest BCUT2D eigenvalue weighted by Gasteiger charge is 2.25. The molecule has 0 radical (unpaired) electrons. The Labute approximate surface area is 157 Å². The Morgan fingerprint density at radius 1 is 1.27 bits per heavy atom. The molecule has 1 N–H and O–H groups in total. The SMILES string of the molecule is CN=C(NCC1CCCN1CCOC)N1CC=C(c2ccccc2)CC1. The molecule has 26 heavy (non-hydrogen) atoms. The number of hydrogen-bond acceptors (Lipinski definition) is 3. The summed E-state index contributed by atoms with van der Waals surface area (Å²) in [6.07, 6.45) is 5.94. The van der Waals surface area contributed by atoms with Crippen LogP contribution in [0.5, 0.6) is 0 Å². The normalized spacial score (nSPS) is 21.8. The number of aliphatic imine (C=N–C) groups is 1. The van der Waals surface area contributed by atoms with Crippen molar-refractivity contribution >= 4 is 11.5 Å². The van der Waals surface area contributed by atoms with E-state index in [0.717, 1.165) is 45.2 Å². The van der Waals surface area contributed by atoms with Crippen molar-refractivity contribution in [3.63, 3.8) is 0 Å². The average Bonchev–Trinajstić information content (AvgIpc) is 3.15. The van der Waals surface area contributed by atoms with Crippen molar-refractivity contribution in [2.45, 2.75) is 25.3 Å². The van der Waals surface area contributed by atoms with Gasteiger partial charge in [0.1, 0.15) is 0 Å². The fourth-order valence-corrected chi connectivity index (χ4v) is 3.95. The third kappa shape index (κ3) is 4.86. The molecular weight excluding hydrogens is 324 g/mol. The lowest BCUT2D eigenvalue weighted by atomic mass is 10.00. The van der Waals surface area contributed by atoms with Crippen LogP contribution < -0.4 is 5.32 Å². The van der Waals surface area contributed by atoms with Crippen LogP contribution in [-0.4, -0.2) is 75.3 Å². The van der Waals surface area contributed by atoms with Gasteiger partial charge in [-0.1, -0.05) is 36.4 Å². The number of rotatable bonds is 6. The molecule has 2 heterocycles. The Balaban J connectivity index is 1.51. The van der Waals surface area contributed by atoms with Crippen LogP contribution in [0.15, 0.2) is 41.4 Å². The monoisotopic (exact) mass is 356 g/mol. The second kappa shape index (κ2) is 9.74. The Hall–Kier alpha value is -1.85. The number of methoxy groups -OCH3 is 1. The first-order chi connectivity index (χ1) is 12.8. The molecule has 2 aliphatic rings. The number of guanidine groups is 1. The molecule has 0 aromatic heterocycles. The lowest BCUT2D eigenvalue weighted by Crippen LogP contribution is -2.48. The first kappa shape index (κ1) is 18.9. The largest absolute Gasteiger partial charge is 0.383 e. The quantitative estimate of drug-likeness (QED) is 0.628. The zero-order chi connectivity index (χ0) is 18.2. The molecule has 142 valence electrons. The van der Waals surface area contributed by atoms with E-state index >= 15 is 0 Å². The Morgan fingerprint density at radius 3 is 2.81 bits per heavy atom. The van der Waals surface area contributed by atoms with Gasteiger partial charge in [-0.15, -0.1) is 0 Å². The first-order valence-electron chi connectivity index (χ1n) is 9.75. The predicted octanol–water partition coefficient (Wildman–Crippen LogP) is 2.46. The predicted molar refractivity (Wildman–Crippen MR) is 108 cm³/mol. The summed E-state index contributed by atoms with van der Waals surface area (Å²) in [4.78, 5) is 9.40. The van der Waals surface area contributed by atoms with Gasteiger partial charge in [0.2, 0.25) is 0 Å². The van der Waals surface area contributed by atoms with Crippen molar-refractivity contribution in [3.05, 3.63) is 42.0 Å². The van der Waals surface area contributed by atoms with Gasteiger partial charge in [0, 0.05) is 46.4 Å². The lowest BCUT2D eigenvalue weighted by Gasteiger charge is -2.31. The van der Waals surface area contributed by atoms with Crippen molar-refractivity contribution in [2.24, 2.45) is 4.99 Å². The molecule has 1 unspecified atom stereocenters. The summed E-state index contributed by atoms with van der Waals surface area (Å²) in [5.74, 6) is 1.02. The topological polar surface area (TPSA) is 40.1 Å². The van der Waals surface area contributed by atoms with E-state index in [9.17, 15) is 0 Å². The van der Waals surface area contributed by atoms with Gasteiger partial charge in [0.25, 0.3) is 0 Å². The van der Waals surface area contributed by atoms with E-state index in [1.165, 1.54) is 30.5 Å². The van der Waals surface area contributed by atoms with Gasteiger partial charge in [-0.3, -0.25) is 9.89 Å². The Kier molecular flexibility index (Phi) is 7.09. The molecule has 1 aromatic carbocycles. The van der Waals surface area contributed by atoms with E-state index in [-0.39, 0.29) is 0 Å². The number of ether oxygens (including phenoxy) is 1. The molecule has 0 aliphatic carbocycles. The summed E-state index contributed by atoms with van der Waals surface area (Å²) >= 11 is 0. The van der Waals surface area contributed by atoms with Gasteiger partial charge in [0.05, 0.1) is 6.61 Å². The fraction of sp³-hybridized carbons (Fsp3) is 0.571. The number of nitrogens with one attached hydrogen (secondary N) is 1. The van der Waals surface area contributed by atoms with Gasteiger partial charge in [0.15, 0.2) is 5.96 Å². The molecule has 1 atom stereocenters. The molecule has 0 amide bonds. The van der Waals surface area contributed by atoms with Crippen LogP contribution in [0.25, 0.3) is 5.57 Å². The molecule has 0 saturated carbocycles. The van der Waals surface area contributed by atoms with Crippen molar-refractivity contribution in [3.8, 4) is 0 Å². The molecule has 2 aliphatic heterocycles. The van der Waals surface area contributed by atoms with E-state index < -0.39 is 0 Å². The van der Waals surface area contributed by atoms with Crippen LogP contribution in [0.1, 0.15) is 24.8 Å². The maximum absolute atomic E-state index is 5.24. The third-order valence-electron chi connectivity index (χ3n) is 5.44. The van der Waals surface area contributed by atoms with Crippen molar-refractivity contribution < 1.29 is 4.74 Å². The minimum absolute atomic E-state index is 0.585. The fourth-order valence-electron chi connectivity index (χ4n) is 3.95. The van der Waals surface area contributed by atoms with Crippen molar-refractivity contribution in [2.75, 3.05) is 53.5 Å². The number of likely N-dealkylation sites (tertiary alicyclic amines) is 1. The summed E-state index contributed by atoms with van der Waals surface area (Å²) in [7, 11) is 3.66. The molecule has 0 spiro atoms. The maximum atomic E-state index is 5.24. The van der Waals surface area contributed by atoms with Gasteiger partial charge in [-0.05, 0) is 36.9 Å². The summed E-state index contributed by atoms with van der Waals surface area (Å²) in [6.45, 7) is 5.91. The minimum Gasteiger partial charge on any atom is -0.383 e. The Bertz CT molecular complexity index is 614. The lowest BCUT2D eigenvalue weighted by molar-refractivity contribution is 0.141. The standard InChI is InChI=1S/C21H32N4O/c1-22-21(23-17-20-9-6-12-24(20)15-16-26-2)25-13-10-19(11-14-25)18-7-4-3-5-8-18/h3-5,7-8,10,20H,6,9,11-17H2,1-2H3,(H,22,23). The highest BCUT2D eigenvalue weighted by Crippen LogP contribution is 2.22. The van der Waals surface area contributed by atoms with Gasteiger partial charge in [-0.2, -0.15) is 0 Å². The number of hydrogen-bond donors (Lipinski definition) is 1. The van der Waals surface area contributed by atoms with E-state index in [1.807, 2.05) is 7.05 Å². The summed E-state index contributed by atoms with van der Waals surface area (Å²) < 4.78 is 5.24. The molecule has 1 aromatic rings. The second-order valence-corrected chi connectivity index (χ2v) is 7.04. The summed E-state index contributed by atoms with van der Waals surface area (Å²) in [6, 6.07) is 11.3. The van der Waals surface area contributed by atoms with Crippen LogP contribution >= 0.6 is 0 Å². The first-order valence-corrected chi connectivity index (χ1v) is 9.75. The van der Waals surface area contributed by atoms with Gasteiger partial charge < -0.3 is 15.0 Å². The molecule has 1 fully saturated rings. The van der Waals surface area contributed by atoms with Gasteiger partial charge in [-0.25, -0.2) is 0 Å². The maximum Gasteiger partial charge on any atom is 0.193 e. The van der Waals surface area contributed by atoms with E-state index in [4.69, 9.17) is 4.74 Å². The summed E-state index contributed by atoms with van der Waals surface area (Å²) in [5, 5.41) is 3.61. The smallest absolute Gasteiger partial charge is 0.193 e. The second-order valence-electron chi connectivity index (χ2n) is 7.04. The van der Waals surface area contributed by atoms with Crippen LogP contribution in [0, 0.1) is 0 Å². The zero-order valence-corrected chi connectivity index (χ0v) is 16.2. The van der Waals surface area contributed by atoms with Gasteiger partial charge >= 0.3 is 0 Å². The highest BCUT2D eigenvalue weighted by molar-refractivity contribution is 5.81. The Morgan fingerprint density at radius 2 is 2.12 bits per heavy atom. The van der Waals surface area contributed by atoms with Crippen molar-refractivity contribution in [1.29, 1.82) is 0 Å². The van der Waals surface area contributed by atoms with Crippen LogP contribution in [0.3, 0.4) is 0 Å². The van der Waals surface area contributed by atoms with Crippen LogP contribution in [0.4, 0.5) is 0 Å². The molecule has 5 heteroatoms. The molecule has 3 rings (SSSR count). The third-order valence-corrected chi connectivity index (χ3v) is 5.44. The molecule has 5 nitrogen and oxygen atoms in total. The highest BCUT2D eigenvalue weighted by atomic mass is 16.5. The number of benzene rings is 1. The van der Waals surface area contributed by atoms with E-state index in [2.05, 4.69) is 56.5 Å². The van der Waals surface area contributed by atoms with Crippen LogP contribution in [-0.2, 0) is 4.74 Å². The molecule has 1 saturated heterocycles. The zero-order valence-electron chi connectivity index (χ0n) is 16.2. The summed E-state index contributed by atoms with van der Waals surface area (Å²) in [5.41, 5.74) is 2.79. The number of nitrogens with zero attached hydrogens (tertiary/aromatic N) is 3. The minimum atomic E-state index is 0.585. The van der Waals surface area contributed by atoms with Crippen molar-refractivity contribution in [1.82, 2.24) is 15.1 Å². The molecule has 0 bridgehead atoms. The van der Waals surface area contributed by atoms with Crippen LogP contribution in [0.2, 0.25) is 0 Å². The average molecular weight is 357 g/mol. The van der Waals surface area contributed by atoms with E-state index in [0.29, 0.717) is 6.04 Å².